The molecule has 0 aromatic heterocycles. The highest BCUT2D eigenvalue weighted by Gasteiger charge is 2.06. The third kappa shape index (κ3) is 4.18. The van der Waals surface area contributed by atoms with Gasteiger partial charge in [-0.25, -0.2) is 13.6 Å². The van der Waals surface area contributed by atoms with E-state index in [1.54, 1.807) is 36.2 Å². The Morgan fingerprint density at radius 3 is 2.33 bits per heavy atom. The number of hydrogen-bond donors (Lipinski definition) is 2. The molecule has 0 radical (unpaired) electrons. The first kappa shape index (κ1) is 11.8. The Morgan fingerprint density at radius 2 is 1.87 bits per heavy atom. The van der Waals surface area contributed by atoms with Crippen molar-refractivity contribution in [3.8, 4) is 5.75 Å². The first-order valence-electron chi connectivity index (χ1n) is 4.39. The van der Waals surface area contributed by atoms with Gasteiger partial charge in [-0.05, 0) is 24.3 Å². The molecule has 0 saturated carbocycles. The van der Waals surface area contributed by atoms with E-state index < -0.39 is 10.0 Å². The quantitative estimate of drug-likeness (QED) is 0.769. The van der Waals surface area contributed by atoms with Crippen molar-refractivity contribution in [2.45, 2.75) is 0 Å². The Morgan fingerprint density at radius 1 is 1.33 bits per heavy atom. The summed E-state index contributed by atoms with van der Waals surface area (Å²) in [5.41, 5.74) is 0.830. The number of sulfonamides is 1. The maximum Gasteiger partial charge on any atom is 0.210 e. The molecule has 0 fully saturated rings. The van der Waals surface area contributed by atoms with Crippen molar-refractivity contribution in [2.24, 2.45) is 5.14 Å². The van der Waals surface area contributed by atoms with E-state index in [2.05, 4.69) is 0 Å². The van der Waals surface area contributed by atoms with Crippen molar-refractivity contribution >= 4 is 15.7 Å². The average molecular weight is 230 g/mol. The van der Waals surface area contributed by atoms with Crippen LogP contribution in [-0.4, -0.2) is 32.9 Å². The van der Waals surface area contributed by atoms with Crippen LogP contribution in [0.15, 0.2) is 24.3 Å². The number of nitrogens with zero attached hydrogens (tertiary/aromatic N) is 1. The molecule has 5 nitrogen and oxygen atoms in total. The van der Waals surface area contributed by atoms with Gasteiger partial charge in [-0.15, -0.1) is 0 Å². The Balaban J connectivity index is 2.61. The Hall–Kier alpha value is -1.27. The summed E-state index contributed by atoms with van der Waals surface area (Å²) in [5.74, 6) is 0.0864. The summed E-state index contributed by atoms with van der Waals surface area (Å²) >= 11 is 0. The molecule has 0 amide bonds. The van der Waals surface area contributed by atoms with Crippen LogP contribution < -0.4 is 10.0 Å². The molecular formula is C9H14N2O3S. The molecule has 0 atom stereocenters. The lowest BCUT2D eigenvalue weighted by molar-refractivity contribution is 0.475. The van der Waals surface area contributed by atoms with Crippen LogP contribution in [0, 0.1) is 0 Å². The molecule has 3 N–H and O–H groups in total. The van der Waals surface area contributed by atoms with E-state index in [0.29, 0.717) is 6.54 Å². The summed E-state index contributed by atoms with van der Waals surface area (Å²) in [6.45, 7) is 0.323. The molecular weight excluding hydrogens is 216 g/mol. The number of aromatic hydroxyl groups is 1. The van der Waals surface area contributed by atoms with Crippen LogP contribution in [0.25, 0.3) is 0 Å². The predicted octanol–water partition coefficient (Wildman–Crippen LogP) is 0.117. The van der Waals surface area contributed by atoms with Crippen molar-refractivity contribution in [2.75, 3.05) is 24.2 Å². The topological polar surface area (TPSA) is 83.6 Å². The fourth-order valence-electron chi connectivity index (χ4n) is 1.10. The summed E-state index contributed by atoms with van der Waals surface area (Å²) < 4.78 is 21.5. The molecule has 6 heteroatoms. The van der Waals surface area contributed by atoms with Gasteiger partial charge in [0.15, 0.2) is 0 Å². The Bertz CT molecular complexity index is 413. The van der Waals surface area contributed by atoms with Crippen molar-refractivity contribution < 1.29 is 13.5 Å². The van der Waals surface area contributed by atoms with Crippen molar-refractivity contribution in [3.63, 3.8) is 0 Å². The van der Waals surface area contributed by atoms with E-state index in [0.717, 1.165) is 5.69 Å². The van der Waals surface area contributed by atoms with Crippen LogP contribution in [0.1, 0.15) is 0 Å². The highest BCUT2D eigenvalue weighted by Crippen LogP contribution is 2.16. The predicted molar refractivity (Wildman–Crippen MR) is 59.4 cm³/mol. The van der Waals surface area contributed by atoms with Gasteiger partial charge in [0.2, 0.25) is 10.0 Å². The van der Waals surface area contributed by atoms with E-state index >= 15 is 0 Å². The number of benzene rings is 1. The average Bonchev–Trinajstić information content (AvgIpc) is 2.14. The minimum Gasteiger partial charge on any atom is -0.508 e. The maximum absolute atomic E-state index is 10.7. The number of hydrogen-bond acceptors (Lipinski definition) is 4. The van der Waals surface area contributed by atoms with Gasteiger partial charge in [-0.2, -0.15) is 0 Å². The fraction of sp³-hybridized carbons (Fsp3) is 0.333. The standard InChI is InChI=1S/C9H14N2O3S/c1-11(6-7-15(10,13)14)8-2-4-9(12)5-3-8/h2-5,12H,6-7H2,1H3,(H2,10,13,14). The lowest BCUT2D eigenvalue weighted by Crippen LogP contribution is -2.28. The first-order chi connectivity index (χ1) is 6.88. The molecule has 1 aromatic carbocycles. The van der Waals surface area contributed by atoms with Crippen molar-refractivity contribution in [1.82, 2.24) is 0 Å². The monoisotopic (exact) mass is 230 g/mol. The van der Waals surface area contributed by atoms with Gasteiger partial charge < -0.3 is 10.0 Å². The van der Waals surface area contributed by atoms with Gasteiger partial charge in [-0.1, -0.05) is 0 Å². The number of phenols is 1. The van der Waals surface area contributed by atoms with Crippen molar-refractivity contribution in [1.29, 1.82) is 0 Å². The third-order valence-electron chi connectivity index (χ3n) is 2.00. The van der Waals surface area contributed by atoms with Crippen LogP contribution in [0.2, 0.25) is 0 Å². The number of primary sulfonamides is 1. The SMILES string of the molecule is CN(CCS(N)(=O)=O)c1ccc(O)cc1. The maximum atomic E-state index is 10.7. The summed E-state index contributed by atoms with van der Waals surface area (Å²) in [4.78, 5) is 1.75. The molecule has 0 bridgehead atoms. The molecule has 0 aliphatic rings. The second-order valence-electron chi connectivity index (χ2n) is 3.30. The molecule has 1 rings (SSSR count). The first-order valence-corrected chi connectivity index (χ1v) is 6.11. The van der Waals surface area contributed by atoms with E-state index in [1.165, 1.54) is 0 Å². The van der Waals surface area contributed by atoms with Crippen LogP contribution in [-0.2, 0) is 10.0 Å². The molecule has 0 aliphatic carbocycles. The zero-order chi connectivity index (χ0) is 11.5. The summed E-state index contributed by atoms with van der Waals surface area (Å²) in [7, 11) is -1.66. The number of rotatable bonds is 4. The molecule has 0 unspecified atom stereocenters. The lowest BCUT2D eigenvalue weighted by Gasteiger charge is -2.18. The largest absolute Gasteiger partial charge is 0.508 e. The second kappa shape index (κ2) is 4.50. The fourth-order valence-corrected chi connectivity index (χ4v) is 1.63. The van der Waals surface area contributed by atoms with Crippen molar-refractivity contribution in [3.05, 3.63) is 24.3 Å². The van der Waals surface area contributed by atoms with Gasteiger partial charge >= 0.3 is 0 Å². The van der Waals surface area contributed by atoms with Crippen LogP contribution in [0.3, 0.4) is 0 Å². The lowest BCUT2D eigenvalue weighted by atomic mass is 10.3. The van der Waals surface area contributed by atoms with E-state index in [4.69, 9.17) is 10.2 Å². The van der Waals surface area contributed by atoms with E-state index in [1.807, 2.05) is 0 Å². The number of nitrogens with two attached hydrogens (primary N) is 1. The minimum atomic E-state index is -3.43. The van der Waals surface area contributed by atoms with Gasteiger partial charge in [0.05, 0.1) is 5.75 Å². The molecule has 0 spiro atoms. The van der Waals surface area contributed by atoms with Crippen LogP contribution >= 0.6 is 0 Å². The van der Waals surface area contributed by atoms with Gasteiger partial charge in [0.1, 0.15) is 5.75 Å². The van der Waals surface area contributed by atoms with Gasteiger partial charge in [-0.3, -0.25) is 0 Å². The van der Waals surface area contributed by atoms with E-state index in [-0.39, 0.29) is 11.5 Å². The van der Waals surface area contributed by atoms with Gasteiger partial charge in [0, 0.05) is 19.3 Å². The summed E-state index contributed by atoms with van der Waals surface area (Å²) in [5, 5.41) is 14.0. The molecule has 84 valence electrons. The third-order valence-corrected chi connectivity index (χ3v) is 2.75. The smallest absolute Gasteiger partial charge is 0.210 e. The van der Waals surface area contributed by atoms with Crippen LogP contribution in [0.5, 0.6) is 5.75 Å². The highest BCUT2D eigenvalue weighted by atomic mass is 32.2. The zero-order valence-electron chi connectivity index (χ0n) is 8.42. The number of anilines is 1. The molecule has 0 aliphatic heterocycles. The van der Waals surface area contributed by atoms with E-state index in [9.17, 15) is 8.42 Å². The Labute approximate surface area is 89.2 Å². The zero-order valence-corrected chi connectivity index (χ0v) is 9.24. The summed E-state index contributed by atoms with van der Waals surface area (Å²) in [6, 6.07) is 6.50. The molecule has 1 aromatic rings. The molecule has 0 saturated heterocycles. The Kier molecular flexibility index (Phi) is 3.54. The highest BCUT2D eigenvalue weighted by molar-refractivity contribution is 7.89. The normalized spacial score (nSPS) is 11.3. The number of phenolic OH excluding ortho intramolecular Hbond substituents is 1. The molecule has 0 heterocycles. The summed E-state index contributed by atoms with van der Waals surface area (Å²) in [6.07, 6.45) is 0. The van der Waals surface area contributed by atoms with Crippen LogP contribution in [0.4, 0.5) is 5.69 Å². The second-order valence-corrected chi connectivity index (χ2v) is 5.04. The minimum absolute atomic E-state index is 0.0929. The molecule has 15 heavy (non-hydrogen) atoms. The van der Waals surface area contributed by atoms with Gasteiger partial charge in [0.25, 0.3) is 0 Å².